The summed E-state index contributed by atoms with van der Waals surface area (Å²) in [5, 5.41) is 0. The van der Waals surface area contributed by atoms with E-state index in [-0.39, 0.29) is 6.10 Å². The highest BCUT2D eigenvalue weighted by molar-refractivity contribution is 7.71. The van der Waals surface area contributed by atoms with E-state index in [9.17, 15) is 0 Å². The third-order valence-electron chi connectivity index (χ3n) is 3.89. The van der Waals surface area contributed by atoms with Crippen molar-refractivity contribution in [1.29, 1.82) is 0 Å². The molecule has 2 atom stereocenters. The minimum absolute atomic E-state index is 0.0487. The highest BCUT2D eigenvalue weighted by Crippen LogP contribution is 2.28. The number of aromatic nitrogens is 2. The number of fused-ring (bicyclic) bond motifs is 1. The quantitative estimate of drug-likeness (QED) is 0.833. The van der Waals surface area contributed by atoms with E-state index in [0.717, 1.165) is 31.1 Å². The predicted octanol–water partition coefficient (Wildman–Crippen LogP) is 2.24. The summed E-state index contributed by atoms with van der Waals surface area (Å²) < 4.78 is 6.61. The molecule has 2 aliphatic heterocycles. The normalized spacial score (nSPS) is 28.3. The maximum absolute atomic E-state index is 5.95. The Labute approximate surface area is 112 Å². The van der Waals surface area contributed by atoms with Gasteiger partial charge in [-0.2, -0.15) is 0 Å². The number of rotatable bonds is 2. The molecule has 3 rings (SSSR count). The van der Waals surface area contributed by atoms with Gasteiger partial charge in [0.25, 0.3) is 0 Å². The van der Waals surface area contributed by atoms with Crippen LogP contribution in [-0.4, -0.2) is 40.6 Å². The molecule has 4 nitrogen and oxygen atoms in total. The molecular formula is C13H19N3OS. The van der Waals surface area contributed by atoms with Crippen LogP contribution >= 0.6 is 12.2 Å². The highest BCUT2D eigenvalue weighted by atomic mass is 32.1. The number of ether oxygens (including phenoxy) is 1. The van der Waals surface area contributed by atoms with E-state index in [1.54, 1.807) is 0 Å². The van der Waals surface area contributed by atoms with E-state index in [4.69, 9.17) is 17.0 Å². The van der Waals surface area contributed by atoms with Gasteiger partial charge in [-0.05, 0) is 31.9 Å². The van der Waals surface area contributed by atoms with Gasteiger partial charge in [-0.25, -0.2) is 4.98 Å². The molecule has 1 aromatic heterocycles. The van der Waals surface area contributed by atoms with Crippen LogP contribution in [0, 0.1) is 4.64 Å². The largest absolute Gasteiger partial charge is 0.367 e. The maximum atomic E-state index is 5.95. The van der Waals surface area contributed by atoms with Crippen LogP contribution in [-0.2, 0) is 11.2 Å². The SMILES string of the molecule is CCc1cc(=S)nc(C2CN3CCCC3CO2)[nH]1. The van der Waals surface area contributed by atoms with Crippen molar-refractivity contribution in [1.82, 2.24) is 14.9 Å². The van der Waals surface area contributed by atoms with E-state index >= 15 is 0 Å². The van der Waals surface area contributed by atoms with Gasteiger partial charge in [0.05, 0.1) is 6.61 Å². The first kappa shape index (κ1) is 12.3. The van der Waals surface area contributed by atoms with E-state index in [1.807, 2.05) is 6.07 Å². The Balaban J connectivity index is 1.82. The Morgan fingerprint density at radius 3 is 3.33 bits per heavy atom. The third-order valence-corrected chi connectivity index (χ3v) is 4.10. The number of aromatic amines is 1. The van der Waals surface area contributed by atoms with Crippen LogP contribution in [0.4, 0.5) is 0 Å². The lowest BCUT2D eigenvalue weighted by atomic mass is 10.2. The third kappa shape index (κ3) is 2.35. The van der Waals surface area contributed by atoms with Crippen LogP contribution in [0.15, 0.2) is 6.07 Å². The smallest absolute Gasteiger partial charge is 0.138 e. The lowest BCUT2D eigenvalue weighted by Crippen LogP contribution is -2.42. The zero-order valence-electron chi connectivity index (χ0n) is 10.7. The molecule has 2 aliphatic rings. The molecule has 5 heteroatoms. The molecule has 1 N–H and O–H groups in total. The molecule has 18 heavy (non-hydrogen) atoms. The molecular weight excluding hydrogens is 246 g/mol. The van der Waals surface area contributed by atoms with Crippen molar-refractivity contribution < 1.29 is 4.74 Å². The summed E-state index contributed by atoms with van der Waals surface area (Å²) in [5.74, 6) is 0.893. The number of nitrogens with one attached hydrogen (secondary N) is 1. The second-order valence-corrected chi connectivity index (χ2v) is 5.51. The predicted molar refractivity (Wildman–Crippen MR) is 72.1 cm³/mol. The Morgan fingerprint density at radius 1 is 1.61 bits per heavy atom. The molecule has 0 aliphatic carbocycles. The highest BCUT2D eigenvalue weighted by Gasteiger charge is 2.33. The summed E-state index contributed by atoms with van der Waals surface area (Å²) in [6.45, 7) is 5.07. The molecule has 0 radical (unpaired) electrons. The van der Waals surface area contributed by atoms with Gasteiger partial charge in [-0.1, -0.05) is 19.1 Å². The van der Waals surface area contributed by atoms with Gasteiger partial charge in [0.2, 0.25) is 0 Å². The van der Waals surface area contributed by atoms with Gasteiger partial charge in [0.1, 0.15) is 16.6 Å². The van der Waals surface area contributed by atoms with Gasteiger partial charge < -0.3 is 9.72 Å². The fourth-order valence-electron chi connectivity index (χ4n) is 2.85. The summed E-state index contributed by atoms with van der Waals surface area (Å²) in [7, 11) is 0. The molecule has 0 amide bonds. The number of hydrogen-bond acceptors (Lipinski definition) is 4. The number of hydrogen-bond donors (Lipinski definition) is 1. The first-order valence-electron chi connectivity index (χ1n) is 6.72. The van der Waals surface area contributed by atoms with E-state index in [2.05, 4.69) is 21.8 Å². The first-order valence-corrected chi connectivity index (χ1v) is 7.13. The van der Waals surface area contributed by atoms with Crippen molar-refractivity contribution in [2.45, 2.75) is 38.3 Å². The standard InChI is InChI=1S/C13H19N3OS/c1-2-9-6-12(18)15-13(14-9)11-7-16-5-3-4-10(16)8-17-11/h6,10-11H,2-5,7-8H2,1H3,(H,14,15,18). The molecule has 98 valence electrons. The zero-order chi connectivity index (χ0) is 12.5. The summed E-state index contributed by atoms with van der Waals surface area (Å²) in [5.41, 5.74) is 1.14. The summed E-state index contributed by atoms with van der Waals surface area (Å²) in [4.78, 5) is 10.3. The van der Waals surface area contributed by atoms with Crippen LogP contribution in [0.5, 0.6) is 0 Å². The van der Waals surface area contributed by atoms with Crippen LogP contribution in [0.2, 0.25) is 0 Å². The van der Waals surface area contributed by atoms with Crippen molar-refractivity contribution in [2.75, 3.05) is 19.7 Å². The number of H-pyrrole nitrogens is 1. The first-order chi connectivity index (χ1) is 8.76. The minimum Gasteiger partial charge on any atom is -0.367 e. The Morgan fingerprint density at radius 2 is 2.50 bits per heavy atom. The maximum Gasteiger partial charge on any atom is 0.138 e. The molecule has 1 aromatic rings. The summed E-state index contributed by atoms with van der Waals surface area (Å²) in [6, 6.07) is 2.55. The van der Waals surface area contributed by atoms with Gasteiger partial charge >= 0.3 is 0 Å². The molecule has 2 fully saturated rings. The van der Waals surface area contributed by atoms with E-state index < -0.39 is 0 Å². The lowest BCUT2D eigenvalue weighted by molar-refractivity contribution is -0.0542. The molecule has 0 bridgehead atoms. The van der Waals surface area contributed by atoms with Crippen molar-refractivity contribution in [2.24, 2.45) is 0 Å². The Kier molecular flexibility index (Phi) is 3.46. The minimum atomic E-state index is 0.0487. The molecule has 2 unspecified atom stereocenters. The molecule has 3 heterocycles. The van der Waals surface area contributed by atoms with Crippen LogP contribution in [0.1, 0.15) is 37.4 Å². The van der Waals surface area contributed by atoms with Gasteiger partial charge in [0.15, 0.2) is 0 Å². The zero-order valence-corrected chi connectivity index (χ0v) is 11.5. The lowest BCUT2D eigenvalue weighted by Gasteiger charge is -2.34. The molecule has 0 aromatic carbocycles. The number of nitrogens with zero attached hydrogens (tertiary/aromatic N) is 2. The number of aryl methyl sites for hydroxylation is 1. The van der Waals surface area contributed by atoms with Crippen molar-refractivity contribution >= 4 is 12.2 Å². The van der Waals surface area contributed by atoms with E-state index in [0.29, 0.717) is 10.7 Å². The van der Waals surface area contributed by atoms with Gasteiger partial charge in [0, 0.05) is 18.3 Å². The molecule has 0 spiro atoms. The van der Waals surface area contributed by atoms with Gasteiger partial charge in [-0.15, -0.1) is 0 Å². The van der Waals surface area contributed by atoms with Crippen LogP contribution < -0.4 is 0 Å². The van der Waals surface area contributed by atoms with Gasteiger partial charge in [-0.3, -0.25) is 4.90 Å². The summed E-state index contributed by atoms with van der Waals surface area (Å²) in [6.07, 6.45) is 3.55. The topological polar surface area (TPSA) is 41.2 Å². The molecule has 2 saturated heterocycles. The van der Waals surface area contributed by atoms with E-state index in [1.165, 1.54) is 19.4 Å². The second-order valence-electron chi connectivity index (χ2n) is 5.10. The molecule has 0 saturated carbocycles. The summed E-state index contributed by atoms with van der Waals surface area (Å²) >= 11 is 5.22. The van der Waals surface area contributed by atoms with Crippen molar-refractivity contribution in [3.05, 3.63) is 22.2 Å². The van der Waals surface area contributed by atoms with Crippen LogP contribution in [0.3, 0.4) is 0 Å². The fourth-order valence-corrected chi connectivity index (χ4v) is 3.09. The fraction of sp³-hybridized carbons (Fsp3) is 0.692. The second kappa shape index (κ2) is 5.07. The Bertz CT molecular complexity index is 487. The Hall–Kier alpha value is -0.780. The monoisotopic (exact) mass is 265 g/mol. The van der Waals surface area contributed by atoms with Crippen LogP contribution in [0.25, 0.3) is 0 Å². The average Bonchev–Trinajstić information content (AvgIpc) is 2.85. The van der Waals surface area contributed by atoms with Crippen molar-refractivity contribution in [3.63, 3.8) is 0 Å². The average molecular weight is 265 g/mol. The number of morpholine rings is 1. The van der Waals surface area contributed by atoms with Crippen molar-refractivity contribution in [3.8, 4) is 0 Å².